The molecule has 0 N–H and O–H groups in total. The number of carbonyl (C=O) groups excluding carboxylic acids is 2. The second-order valence-corrected chi connectivity index (χ2v) is 8.07. The highest BCUT2D eigenvalue weighted by Gasteiger charge is 2.17. The number of rotatable bonds is 8. The first-order valence-corrected chi connectivity index (χ1v) is 10.7. The number of hydrogen-bond donors (Lipinski definition) is 0. The Balaban J connectivity index is 1.52. The fourth-order valence-electron chi connectivity index (χ4n) is 3.43. The van der Waals surface area contributed by atoms with E-state index in [1.165, 1.54) is 22.5 Å². The normalized spacial score (nSPS) is 11.0. The van der Waals surface area contributed by atoms with E-state index >= 15 is 0 Å². The number of esters is 1. The van der Waals surface area contributed by atoms with Crippen molar-refractivity contribution in [2.45, 2.75) is 26.2 Å². The van der Waals surface area contributed by atoms with Gasteiger partial charge in [0.2, 0.25) is 0 Å². The third-order valence-electron chi connectivity index (χ3n) is 4.92. The van der Waals surface area contributed by atoms with Crippen LogP contribution in [0.15, 0.2) is 60.8 Å². The predicted octanol–water partition coefficient (Wildman–Crippen LogP) is 4.77. The van der Waals surface area contributed by atoms with Crippen LogP contribution in [-0.2, 0) is 28.8 Å². The van der Waals surface area contributed by atoms with Crippen LogP contribution in [-0.4, -0.2) is 28.2 Å². The van der Waals surface area contributed by atoms with Crippen LogP contribution < -0.4 is 0 Å². The molecular weight excluding hydrogens is 396 g/mol. The summed E-state index contributed by atoms with van der Waals surface area (Å²) in [5.74, 6) is -0.277. The second-order valence-electron chi connectivity index (χ2n) is 6.98. The molecule has 2 heterocycles. The maximum atomic E-state index is 11.8. The number of benzene rings is 2. The fourth-order valence-corrected chi connectivity index (χ4v) is 4.40. The van der Waals surface area contributed by atoms with E-state index in [4.69, 9.17) is 4.74 Å². The smallest absolute Gasteiger partial charge is 0.311 e. The molecule has 6 heteroatoms. The van der Waals surface area contributed by atoms with Gasteiger partial charge in [-0.05, 0) is 30.9 Å². The summed E-state index contributed by atoms with van der Waals surface area (Å²) in [6.07, 6.45) is 4.75. The molecule has 0 saturated heterocycles. The molecule has 0 bridgehead atoms. The Morgan fingerprint density at radius 3 is 2.43 bits per heavy atom. The van der Waals surface area contributed by atoms with Crippen LogP contribution in [0.2, 0.25) is 0 Å². The fraction of sp³-hybridized carbons (Fsp3) is 0.208. The Kier molecular flexibility index (Phi) is 6.05. The Morgan fingerprint density at radius 2 is 1.77 bits per heavy atom. The molecule has 0 aliphatic carbocycles. The Labute approximate surface area is 179 Å². The zero-order chi connectivity index (χ0) is 20.9. The van der Waals surface area contributed by atoms with Crippen molar-refractivity contribution in [3.63, 3.8) is 0 Å². The molecule has 152 valence electrons. The van der Waals surface area contributed by atoms with Gasteiger partial charge < -0.3 is 4.74 Å². The number of aromatic nitrogens is 2. The topological polar surface area (TPSA) is 60.7 Å². The Bertz CT molecular complexity index is 1160. The Morgan fingerprint density at radius 1 is 1.07 bits per heavy atom. The van der Waals surface area contributed by atoms with Crippen LogP contribution in [0, 0.1) is 0 Å². The van der Waals surface area contributed by atoms with E-state index in [1.54, 1.807) is 17.5 Å². The van der Waals surface area contributed by atoms with Crippen LogP contribution in [0.25, 0.3) is 16.2 Å². The molecule has 2 aromatic heterocycles. The van der Waals surface area contributed by atoms with Crippen molar-refractivity contribution in [2.75, 3.05) is 6.61 Å². The molecule has 0 aliphatic rings. The van der Waals surface area contributed by atoms with E-state index < -0.39 is 0 Å². The number of fused-ring (bicyclic) bond motifs is 1. The molecule has 0 radical (unpaired) electrons. The average Bonchev–Trinajstić information content (AvgIpc) is 3.30. The summed E-state index contributed by atoms with van der Waals surface area (Å²) in [5, 5.41) is 0. The zero-order valence-electron chi connectivity index (χ0n) is 16.7. The van der Waals surface area contributed by atoms with Crippen molar-refractivity contribution < 1.29 is 14.3 Å². The highest BCUT2D eigenvalue weighted by Crippen LogP contribution is 2.28. The van der Waals surface area contributed by atoms with E-state index in [-0.39, 0.29) is 12.4 Å². The van der Waals surface area contributed by atoms with Gasteiger partial charge in [-0.25, -0.2) is 4.98 Å². The molecule has 4 rings (SSSR count). The first-order chi connectivity index (χ1) is 14.7. The number of nitrogens with zero attached hydrogens (tertiary/aromatic N) is 2. The number of aryl methyl sites for hydroxylation is 2. The second kappa shape index (κ2) is 9.05. The van der Waals surface area contributed by atoms with E-state index in [0.29, 0.717) is 23.0 Å². The number of imidazole rings is 1. The molecule has 0 unspecified atom stereocenters. The summed E-state index contributed by atoms with van der Waals surface area (Å²) in [7, 11) is 0. The first kappa shape index (κ1) is 20.0. The summed E-state index contributed by atoms with van der Waals surface area (Å²) in [5.41, 5.74) is 4.62. The van der Waals surface area contributed by atoms with Crippen LogP contribution >= 0.6 is 11.3 Å². The van der Waals surface area contributed by atoms with Gasteiger partial charge in [0.05, 0.1) is 13.0 Å². The van der Waals surface area contributed by atoms with Gasteiger partial charge >= 0.3 is 5.97 Å². The minimum absolute atomic E-state index is 0.186. The van der Waals surface area contributed by atoms with Crippen LogP contribution in [0.3, 0.4) is 0 Å². The van der Waals surface area contributed by atoms with Gasteiger partial charge in [0.1, 0.15) is 11.4 Å². The summed E-state index contributed by atoms with van der Waals surface area (Å²) >= 11 is 1.40. The van der Waals surface area contributed by atoms with Gasteiger partial charge in [-0.2, -0.15) is 0 Å². The van der Waals surface area contributed by atoms with Gasteiger partial charge in [0.15, 0.2) is 11.2 Å². The lowest BCUT2D eigenvalue weighted by molar-refractivity contribution is -0.142. The molecular formula is C24H22N2O3S. The molecule has 0 amide bonds. The van der Waals surface area contributed by atoms with Crippen molar-refractivity contribution >= 4 is 28.6 Å². The van der Waals surface area contributed by atoms with Crippen LogP contribution in [0.5, 0.6) is 0 Å². The van der Waals surface area contributed by atoms with Crippen LogP contribution in [0.4, 0.5) is 0 Å². The third kappa shape index (κ3) is 4.33. The first-order valence-electron chi connectivity index (χ1n) is 9.92. The lowest BCUT2D eigenvalue weighted by atomic mass is 10.0. The lowest BCUT2D eigenvalue weighted by Crippen LogP contribution is -2.06. The van der Waals surface area contributed by atoms with Gasteiger partial charge in [-0.3, -0.25) is 14.0 Å². The van der Waals surface area contributed by atoms with Crippen molar-refractivity contribution in [3.8, 4) is 11.3 Å². The average molecular weight is 419 g/mol. The Hall–Kier alpha value is -3.25. The molecule has 0 saturated carbocycles. The highest BCUT2D eigenvalue weighted by molar-refractivity contribution is 7.17. The molecule has 5 nitrogen and oxygen atoms in total. The van der Waals surface area contributed by atoms with Gasteiger partial charge in [0, 0.05) is 16.6 Å². The van der Waals surface area contributed by atoms with E-state index in [2.05, 4.69) is 41.4 Å². The highest BCUT2D eigenvalue weighted by atomic mass is 32.1. The molecule has 0 atom stereocenters. The molecule has 0 aliphatic heterocycles. The molecule has 4 aromatic rings. The maximum Gasteiger partial charge on any atom is 0.311 e. The van der Waals surface area contributed by atoms with E-state index in [1.807, 2.05) is 18.2 Å². The maximum absolute atomic E-state index is 11.8. The van der Waals surface area contributed by atoms with E-state index in [9.17, 15) is 9.59 Å². The van der Waals surface area contributed by atoms with Gasteiger partial charge in [-0.15, -0.1) is 11.3 Å². The summed E-state index contributed by atoms with van der Waals surface area (Å²) in [4.78, 5) is 29.7. The predicted molar refractivity (Wildman–Crippen MR) is 118 cm³/mol. The third-order valence-corrected chi connectivity index (χ3v) is 5.90. The SMILES string of the molecule is CCOC(=O)Cc1cn2c(C=O)c(-c3ccc(CCc4ccccc4)cc3)nc2s1. The number of hydrogen-bond acceptors (Lipinski definition) is 5. The van der Waals surface area contributed by atoms with E-state index in [0.717, 1.165) is 29.6 Å². The molecule has 0 fully saturated rings. The number of ether oxygens (including phenoxy) is 1. The number of carbonyl (C=O) groups is 2. The van der Waals surface area contributed by atoms with Gasteiger partial charge in [0.25, 0.3) is 0 Å². The summed E-state index contributed by atoms with van der Waals surface area (Å²) in [6, 6.07) is 18.6. The largest absolute Gasteiger partial charge is 0.466 e. The zero-order valence-corrected chi connectivity index (χ0v) is 17.5. The van der Waals surface area contributed by atoms with Gasteiger partial charge in [-0.1, -0.05) is 54.6 Å². The number of aldehydes is 1. The summed E-state index contributed by atoms with van der Waals surface area (Å²) in [6.45, 7) is 2.13. The monoisotopic (exact) mass is 418 g/mol. The standard InChI is InChI=1S/C24H22N2O3S/c1-2-29-22(28)14-20-15-26-21(16-27)23(25-24(26)30-20)19-12-10-18(11-13-19)9-8-17-6-4-3-5-7-17/h3-7,10-13,15-16H,2,8-9,14H2,1H3. The lowest BCUT2D eigenvalue weighted by Gasteiger charge is -2.04. The van der Waals surface area contributed by atoms with Crippen molar-refractivity contribution in [1.82, 2.24) is 9.38 Å². The summed E-state index contributed by atoms with van der Waals surface area (Å²) < 4.78 is 6.75. The minimum Gasteiger partial charge on any atom is -0.466 e. The molecule has 30 heavy (non-hydrogen) atoms. The van der Waals surface area contributed by atoms with Crippen molar-refractivity contribution in [2.24, 2.45) is 0 Å². The minimum atomic E-state index is -0.277. The van der Waals surface area contributed by atoms with Crippen molar-refractivity contribution in [3.05, 3.63) is 82.5 Å². The number of thiazole rings is 1. The molecule has 0 spiro atoms. The van der Waals surface area contributed by atoms with Crippen LogP contribution in [0.1, 0.15) is 33.4 Å². The molecule has 2 aromatic carbocycles. The quantitative estimate of drug-likeness (QED) is 0.306. The van der Waals surface area contributed by atoms with Crippen molar-refractivity contribution in [1.29, 1.82) is 0 Å².